The molecule has 0 aliphatic heterocycles. The van der Waals surface area contributed by atoms with Crippen molar-refractivity contribution in [1.29, 1.82) is 0 Å². The van der Waals surface area contributed by atoms with Crippen LogP contribution in [0, 0.1) is 5.92 Å². The van der Waals surface area contributed by atoms with Gasteiger partial charge in [0, 0.05) is 6.04 Å². The molecule has 7 heteroatoms. The van der Waals surface area contributed by atoms with Crippen LogP contribution in [-0.2, 0) is 9.59 Å². The van der Waals surface area contributed by atoms with E-state index in [9.17, 15) is 14.4 Å². The van der Waals surface area contributed by atoms with Gasteiger partial charge in [0.15, 0.2) is 0 Å². The predicted octanol–water partition coefficient (Wildman–Crippen LogP) is -0.634. The number of nitrogens with one attached hydrogen (secondary N) is 1. The van der Waals surface area contributed by atoms with Crippen LogP contribution in [-0.4, -0.2) is 47.0 Å². The third kappa shape index (κ3) is 4.29. The lowest BCUT2D eigenvalue weighted by Gasteiger charge is -2.34. The fraction of sp³-hybridized carbons (Fsp3) is 0.700. The second-order valence-electron chi connectivity index (χ2n) is 4.44. The summed E-state index contributed by atoms with van der Waals surface area (Å²) in [5.41, 5.74) is 4.95. The molecule has 0 radical (unpaired) electrons. The molecule has 0 aromatic rings. The standard InChI is InChI=1S/C10H17N3O4/c1-6-2-7(3-6)12-10(17)13(4-8(11)14)5-9(15)16/h6-7H,2-5H2,1H3,(H2,11,14)(H,12,17)(H,15,16). The summed E-state index contributed by atoms with van der Waals surface area (Å²) in [6, 6.07) is -0.482. The third-order valence-corrected chi connectivity index (χ3v) is 2.66. The topological polar surface area (TPSA) is 113 Å². The first-order chi connectivity index (χ1) is 7.88. The number of carbonyl (C=O) groups excluding carboxylic acids is 2. The maximum Gasteiger partial charge on any atom is 0.323 e. The van der Waals surface area contributed by atoms with E-state index >= 15 is 0 Å². The van der Waals surface area contributed by atoms with E-state index in [1.165, 1.54) is 0 Å². The molecule has 17 heavy (non-hydrogen) atoms. The van der Waals surface area contributed by atoms with E-state index < -0.39 is 24.5 Å². The number of carbonyl (C=O) groups is 3. The molecule has 0 spiro atoms. The van der Waals surface area contributed by atoms with Gasteiger partial charge in [0.2, 0.25) is 5.91 Å². The zero-order valence-electron chi connectivity index (χ0n) is 9.68. The summed E-state index contributed by atoms with van der Waals surface area (Å²) >= 11 is 0. The maximum atomic E-state index is 11.7. The van der Waals surface area contributed by atoms with E-state index in [-0.39, 0.29) is 12.6 Å². The fourth-order valence-corrected chi connectivity index (χ4v) is 1.84. The van der Waals surface area contributed by atoms with Crippen LogP contribution in [0.25, 0.3) is 0 Å². The third-order valence-electron chi connectivity index (χ3n) is 2.66. The highest BCUT2D eigenvalue weighted by molar-refractivity contribution is 5.86. The van der Waals surface area contributed by atoms with E-state index in [4.69, 9.17) is 10.8 Å². The van der Waals surface area contributed by atoms with Gasteiger partial charge >= 0.3 is 12.0 Å². The lowest BCUT2D eigenvalue weighted by atomic mass is 9.82. The minimum Gasteiger partial charge on any atom is -0.480 e. The molecule has 0 bridgehead atoms. The summed E-state index contributed by atoms with van der Waals surface area (Å²) in [7, 11) is 0. The maximum absolute atomic E-state index is 11.7. The molecule has 0 aromatic carbocycles. The lowest BCUT2D eigenvalue weighted by Crippen LogP contribution is -2.52. The van der Waals surface area contributed by atoms with Crippen LogP contribution in [0.3, 0.4) is 0 Å². The molecule has 0 atom stereocenters. The van der Waals surface area contributed by atoms with Gasteiger partial charge < -0.3 is 21.1 Å². The van der Waals surface area contributed by atoms with E-state index in [1.54, 1.807) is 0 Å². The molecule has 1 fully saturated rings. The number of primary amides is 1. The molecule has 0 aromatic heterocycles. The highest BCUT2D eigenvalue weighted by Gasteiger charge is 2.29. The number of nitrogens with two attached hydrogens (primary N) is 1. The van der Waals surface area contributed by atoms with Crippen LogP contribution >= 0.6 is 0 Å². The highest BCUT2D eigenvalue weighted by Crippen LogP contribution is 2.26. The SMILES string of the molecule is CC1CC(NC(=O)N(CC(N)=O)CC(=O)O)C1. The lowest BCUT2D eigenvalue weighted by molar-refractivity contribution is -0.137. The van der Waals surface area contributed by atoms with Crippen LogP contribution in [0.15, 0.2) is 0 Å². The van der Waals surface area contributed by atoms with Gasteiger partial charge in [-0.15, -0.1) is 0 Å². The van der Waals surface area contributed by atoms with Crippen molar-refractivity contribution in [3.8, 4) is 0 Å². The van der Waals surface area contributed by atoms with Crippen molar-refractivity contribution in [2.45, 2.75) is 25.8 Å². The number of hydrogen-bond donors (Lipinski definition) is 3. The number of hydrogen-bond acceptors (Lipinski definition) is 3. The summed E-state index contributed by atoms with van der Waals surface area (Å²) in [6.45, 7) is 1.15. The molecular weight excluding hydrogens is 226 g/mol. The fourth-order valence-electron chi connectivity index (χ4n) is 1.84. The molecule has 1 aliphatic carbocycles. The van der Waals surface area contributed by atoms with Gasteiger partial charge in [0.05, 0.1) is 0 Å². The first kappa shape index (κ1) is 13.3. The van der Waals surface area contributed by atoms with Gasteiger partial charge in [-0.2, -0.15) is 0 Å². The Bertz CT molecular complexity index is 310. The molecule has 3 amide bonds. The second kappa shape index (κ2) is 5.51. The zero-order chi connectivity index (χ0) is 13.0. The Morgan fingerprint density at radius 2 is 1.94 bits per heavy atom. The minimum atomic E-state index is -1.18. The summed E-state index contributed by atoms with van der Waals surface area (Å²) in [5.74, 6) is -1.34. The van der Waals surface area contributed by atoms with Crippen molar-refractivity contribution >= 4 is 17.9 Å². The highest BCUT2D eigenvalue weighted by atomic mass is 16.4. The Hall–Kier alpha value is -1.79. The summed E-state index contributed by atoms with van der Waals surface area (Å²) in [6.07, 6.45) is 1.76. The monoisotopic (exact) mass is 243 g/mol. The van der Waals surface area contributed by atoms with Gasteiger partial charge in [-0.1, -0.05) is 6.92 Å². The second-order valence-corrected chi connectivity index (χ2v) is 4.44. The van der Waals surface area contributed by atoms with Gasteiger partial charge in [-0.05, 0) is 18.8 Å². The number of urea groups is 1. The molecule has 0 heterocycles. The van der Waals surface area contributed by atoms with E-state index in [2.05, 4.69) is 12.2 Å². The van der Waals surface area contributed by atoms with Crippen molar-refractivity contribution in [2.24, 2.45) is 11.7 Å². The van der Waals surface area contributed by atoms with Crippen LogP contribution in [0.1, 0.15) is 19.8 Å². The van der Waals surface area contributed by atoms with Crippen LogP contribution < -0.4 is 11.1 Å². The largest absolute Gasteiger partial charge is 0.480 e. The predicted molar refractivity (Wildman–Crippen MR) is 59.1 cm³/mol. The van der Waals surface area contributed by atoms with Crippen molar-refractivity contribution in [3.63, 3.8) is 0 Å². The minimum absolute atomic E-state index is 0.0710. The summed E-state index contributed by atoms with van der Waals surface area (Å²) in [5, 5.41) is 11.3. The number of carboxylic acids is 1. The number of aliphatic carboxylic acids is 1. The van der Waals surface area contributed by atoms with Crippen molar-refractivity contribution in [2.75, 3.05) is 13.1 Å². The molecule has 7 nitrogen and oxygen atoms in total. The molecule has 1 rings (SSSR count). The average Bonchev–Trinajstić information content (AvgIpc) is 2.12. The Labute approximate surface area is 98.9 Å². The molecule has 0 saturated heterocycles. The summed E-state index contributed by atoms with van der Waals surface area (Å²) < 4.78 is 0. The van der Waals surface area contributed by atoms with Crippen molar-refractivity contribution in [3.05, 3.63) is 0 Å². The first-order valence-corrected chi connectivity index (χ1v) is 5.44. The number of rotatable bonds is 5. The van der Waals surface area contributed by atoms with Crippen molar-refractivity contribution < 1.29 is 19.5 Å². The molecule has 0 unspecified atom stereocenters. The number of nitrogens with zero attached hydrogens (tertiary/aromatic N) is 1. The Morgan fingerprint density at radius 3 is 2.35 bits per heavy atom. The zero-order valence-corrected chi connectivity index (χ0v) is 9.68. The van der Waals surface area contributed by atoms with Crippen molar-refractivity contribution in [1.82, 2.24) is 10.2 Å². The Balaban J connectivity index is 2.46. The number of amides is 3. The quantitative estimate of drug-likeness (QED) is 0.596. The molecule has 1 saturated carbocycles. The number of carboxylic acid groups (broad SMARTS) is 1. The smallest absolute Gasteiger partial charge is 0.323 e. The molecule has 4 N–H and O–H groups in total. The Morgan fingerprint density at radius 1 is 1.35 bits per heavy atom. The first-order valence-electron chi connectivity index (χ1n) is 5.44. The van der Waals surface area contributed by atoms with E-state index in [0.717, 1.165) is 17.7 Å². The molecular formula is C10H17N3O4. The normalized spacial score (nSPS) is 22.4. The average molecular weight is 243 g/mol. The van der Waals surface area contributed by atoms with Gasteiger partial charge in [0.25, 0.3) is 0 Å². The van der Waals surface area contributed by atoms with E-state index in [1.807, 2.05) is 0 Å². The van der Waals surface area contributed by atoms with Gasteiger partial charge in [-0.3, -0.25) is 9.59 Å². The van der Waals surface area contributed by atoms with Gasteiger partial charge in [0.1, 0.15) is 13.1 Å². The van der Waals surface area contributed by atoms with Crippen LogP contribution in [0.4, 0.5) is 4.79 Å². The molecule has 1 aliphatic rings. The van der Waals surface area contributed by atoms with E-state index in [0.29, 0.717) is 5.92 Å². The summed E-state index contributed by atoms with van der Waals surface area (Å²) in [4.78, 5) is 33.8. The van der Waals surface area contributed by atoms with Crippen LogP contribution in [0.2, 0.25) is 0 Å². The van der Waals surface area contributed by atoms with Gasteiger partial charge in [-0.25, -0.2) is 4.79 Å². The Kier molecular flexibility index (Phi) is 4.30. The van der Waals surface area contributed by atoms with Crippen LogP contribution in [0.5, 0.6) is 0 Å². The molecule has 96 valence electrons.